The van der Waals surface area contributed by atoms with Crippen molar-refractivity contribution in [2.24, 2.45) is 5.92 Å². The summed E-state index contributed by atoms with van der Waals surface area (Å²) >= 11 is 0. The van der Waals surface area contributed by atoms with E-state index in [1.165, 1.54) is 193 Å². The molecule has 0 radical (unpaired) electrons. The molecule has 2 unspecified atom stereocenters. The number of hydrogen-bond acceptors (Lipinski definition) is 15. The normalized spacial score (nSPS) is 14.1. The highest BCUT2D eigenvalue weighted by molar-refractivity contribution is 7.47. The largest absolute Gasteiger partial charge is 0.472 e. The first-order valence-electron chi connectivity index (χ1n) is 40.0. The molecule has 0 rings (SSSR count). The maximum absolute atomic E-state index is 13.1. The van der Waals surface area contributed by atoms with E-state index in [2.05, 4.69) is 58.9 Å². The summed E-state index contributed by atoms with van der Waals surface area (Å²) in [6.45, 7) is 7.16. The summed E-state index contributed by atoms with van der Waals surface area (Å²) in [6, 6.07) is 0. The number of aliphatic hydroxyl groups excluding tert-OH is 1. The lowest BCUT2D eigenvalue weighted by Gasteiger charge is -2.21. The van der Waals surface area contributed by atoms with Crippen LogP contribution in [-0.2, 0) is 65.4 Å². The summed E-state index contributed by atoms with van der Waals surface area (Å²) < 4.78 is 68.3. The van der Waals surface area contributed by atoms with Gasteiger partial charge in [-0.2, -0.15) is 0 Å². The minimum absolute atomic E-state index is 0.0844. The fraction of sp³-hybridized carbons (Fsp3) is 0.897. The van der Waals surface area contributed by atoms with E-state index in [0.29, 0.717) is 25.7 Å². The average Bonchev–Trinajstić information content (AvgIpc) is 1.81. The van der Waals surface area contributed by atoms with Gasteiger partial charge in [0.1, 0.15) is 19.3 Å². The SMILES string of the molecule is CCCCCC/C=C\C=C/CCCCCCCC(=O)O[C@H](COC(=O)CCCCCCC)COP(=O)(O)OC[C@H](O)COP(=O)(O)OC[C@@H](COC(=O)CCCCCCCCCCCCCCCC(C)C)OC(=O)CCCCCCCCCCCCCCCCCCCCCCC. The van der Waals surface area contributed by atoms with Gasteiger partial charge in [-0.15, -0.1) is 0 Å². The van der Waals surface area contributed by atoms with Gasteiger partial charge < -0.3 is 33.8 Å². The number of carbonyl (C=O) groups is 4. The van der Waals surface area contributed by atoms with Gasteiger partial charge in [-0.3, -0.25) is 37.3 Å². The van der Waals surface area contributed by atoms with Gasteiger partial charge >= 0.3 is 39.5 Å². The highest BCUT2D eigenvalue weighted by Crippen LogP contribution is 2.45. The topological polar surface area (TPSA) is 237 Å². The summed E-state index contributed by atoms with van der Waals surface area (Å²) in [6.07, 6.45) is 63.8. The molecule has 0 heterocycles. The molecule has 19 heteroatoms. The zero-order valence-corrected chi connectivity index (χ0v) is 64.5. The summed E-state index contributed by atoms with van der Waals surface area (Å²) in [5.41, 5.74) is 0. The molecule has 572 valence electrons. The standard InChI is InChI=1S/C78H148O17P2/c1-6-9-12-15-17-19-21-23-25-26-27-28-29-30-32-36-41-45-49-54-59-64-78(83)95-74(68-89-76(81)62-57-52-47-43-39-37-33-34-38-42-46-51-55-60-71(4)5)70-93-97(86,87)91-66-72(79)65-90-96(84,85)92-69-73(67-88-75(80)61-56-50-14-11-8-3)94-77(82)63-58-53-48-44-40-35-31-24-22-20-18-16-13-10-7-2/h20,22,24,31,71-74,79H,6-19,21,23,25-30,32-70H2,1-5H3,(H,84,85)(H,86,87)/b22-20-,31-24-/t72-,73+,74+/m0/s1. The molecule has 0 saturated carbocycles. The van der Waals surface area contributed by atoms with Crippen molar-refractivity contribution in [2.75, 3.05) is 39.6 Å². The van der Waals surface area contributed by atoms with E-state index in [9.17, 15) is 43.2 Å². The lowest BCUT2D eigenvalue weighted by Crippen LogP contribution is -2.30. The van der Waals surface area contributed by atoms with Crippen LogP contribution in [0.4, 0.5) is 0 Å². The minimum atomic E-state index is -4.96. The smallest absolute Gasteiger partial charge is 0.462 e. The molecular weight excluding hydrogens is 1270 g/mol. The Kier molecular flexibility index (Phi) is 68.8. The van der Waals surface area contributed by atoms with E-state index >= 15 is 0 Å². The summed E-state index contributed by atoms with van der Waals surface area (Å²) in [5.74, 6) is -1.36. The molecule has 17 nitrogen and oxygen atoms in total. The Labute approximate surface area is 592 Å². The molecule has 5 atom stereocenters. The van der Waals surface area contributed by atoms with E-state index in [4.69, 9.17) is 37.0 Å². The average molecular weight is 1420 g/mol. The number of phosphoric acid groups is 2. The Bertz CT molecular complexity index is 1950. The molecule has 0 fully saturated rings. The molecule has 0 aromatic rings. The number of carbonyl (C=O) groups excluding carboxylic acids is 4. The predicted molar refractivity (Wildman–Crippen MR) is 395 cm³/mol. The maximum atomic E-state index is 13.1. The van der Waals surface area contributed by atoms with Crippen LogP contribution in [0.1, 0.15) is 388 Å². The van der Waals surface area contributed by atoms with Crippen molar-refractivity contribution in [1.82, 2.24) is 0 Å². The number of rotatable bonds is 76. The Balaban J connectivity index is 5.15. The van der Waals surface area contributed by atoms with E-state index in [1.807, 2.05) is 0 Å². The zero-order valence-electron chi connectivity index (χ0n) is 62.7. The molecule has 0 aliphatic carbocycles. The summed E-state index contributed by atoms with van der Waals surface area (Å²) in [7, 11) is -9.92. The van der Waals surface area contributed by atoms with Crippen molar-refractivity contribution in [1.29, 1.82) is 0 Å². The van der Waals surface area contributed by atoms with E-state index < -0.39 is 97.5 Å². The second kappa shape index (κ2) is 70.6. The van der Waals surface area contributed by atoms with Gasteiger partial charge in [-0.25, -0.2) is 9.13 Å². The third-order valence-electron chi connectivity index (χ3n) is 17.7. The van der Waals surface area contributed by atoms with Gasteiger partial charge in [-0.1, -0.05) is 335 Å². The van der Waals surface area contributed by atoms with Crippen LogP contribution in [0.25, 0.3) is 0 Å². The van der Waals surface area contributed by atoms with Crippen molar-refractivity contribution >= 4 is 39.5 Å². The number of unbranched alkanes of at least 4 members (excludes halogenated alkanes) is 45. The van der Waals surface area contributed by atoms with Crippen molar-refractivity contribution < 1.29 is 80.2 Å². The molecular formula is C78H148O17P2. The number of aliphatic hydroxyl groups is 1. The molecule has 0 saturated heterocycles. The van der Waals surface area contributed by atoms with Gasteiger partial charge in [0, 0.05) is 25.7 Å². The van der Waals surface area contributed by atoms with Gasteiger partial charge in [0.15, 0.2) is 12.2 Å². The van der Waals surface area contributed by atoms with Crippen LogP contribution in [0.3, 0.4) is 0 Å². The van der Waals surface area contributed by atoms with Crippen molar-refractivity contribution in [3.63, 3.8) is 0 Å². The Hall–Kier alpha value is -2.46. The molecule has 0 aromatic heterocycles. The fourth-order valence-corrected chi connectivity index (χ4v) is 13.1. The van der Waals surface area contributed by atoms with Gasteiger partial charge in [0.2, 0.25) is 0 Å². The third-order valence-corrected chi connectivity index (χ3v) is 19.6. The first-order chi connectivity index (χ1) is 47.0. The second-order valence-corrected chi connectivity index (χ2v) is 30.8. The molecule has 0 spiro atoms. The molecule has 0 bridgehead atoms. The summed E-state index contributed by atoms with van der Waals surface area (Å²) in [4.78, 5) is 72.6. The fourth-order valence-electron chi connectivity index (χ4n) is 11.5. The number of allylic oxidation sites excluding steroid dienone is 4. The Morgan fingerprint density at radius 1 is 0.320 bits per heavy atom. The maximum Gasteiger partial charge on any atom is 0.472 e. The van der Waals surface area contributed by atoms with E-state index in [-0.39, 0.29) is 25.7 Å². The van der Waals surface area contributed by atoms with Crippen molar-refractivity contribution in [3.05, 3.63) is 24.3 Å². The Morgan fingerprint density at radius 2 is 0.557 bits per heavy atom. The molecule has 97 heavy (non-hydrogen) atoms. The van der Waals surface area contributed by atoms with Crippen LogP contribution in [0.2, 0.25) is 0 Å². The van der Waals surface area contributed by atoms with Crippen LogP contribution in [0.5, 0.6) is 0 Å². The van der Waals surface area contributed by atoms with Crippen LogP contribution in [0, 0.1) is 5.92 Å². The third kappa shape index (κ3) is 71.7. The number of hydrogen-bond donors (Lipinski definition) is 3. The van der Waals surface area contributed by atoms with Crippen LogP contribution in [0.15, 0.2) is 24.3 Å². The Morgan fingerprint density at radius 3 is 0.845 bits per heavy atom. The molecule has 0 aliphatic heterocycles. The van der Waals surface area contributed by atoms with Gasteiger partial charge in [0.25, 0.3) is 0 Å². The highest BCUT2D eigenvalue weighted by atomic mass is 31.2. The molecule has 3 N–H and O–H groups in total. The lowest BCUT2D eigenvalue weighted by molar-refractivity contribution is -0.161. The number of phosphoric ester groups is 2. The highest BCUT2D eigenvalue weighted by Gasteiger charge is 2.30. The molecule has 0 amide bonds. The second-order valence-electron chi connectivity index (χ2n) is 27.9. The minimum Gasteiger partial charge on any atom is -0.462 e. The number of esters is 4. The van der Waals surface area contributed by atoms with Crippen molar-refractivity contribution in [3.8, 4) is 0 Å². The zero-order chi connectivity index (χ0) is 71.2. The first-order valence-corrected chi connectivity index (χ1v) is 42.9. The number of ether oxygens (including phenoxy) is 4. The summed E-state index contributed by atoms with van der Waals surface area (Å²) in [5, 5.41) is 10.6. The van der Waals surface area contributed by atoms with E-state index in [1.54, 1.807) is 0 Å². The lowest BCUT2D eigenvalue weighted by atomic mass is 10.0. The van der Waals surface area contributed by atoms with E-state index in [0.717, 1.165) is 115 Å². The molecule has 0 aliphatic rings. The van der Waals surface area contributed by atoms with Crippen LogP contribution >= 0.6 is 15.6 Å². The van der Waals surface area contributed by atoms with Crippen molar-refractivity contribution in [2.45, 2.75) is 406 Å². The first kappa shape index (κ1) is 94.5. The van der Waals surface area contributed by atoms with Crippen LogP contribution < -0.4 is 0 Å². The quantitative estimate of drug-likeness (QED) is 0.0169. The monoisotopic (exact) mass is 1420 g/mol. The van der Waals surface area contributed by atoms with Gasteiger partial charge in [-0.05, 0) is 57.3 Å². The molecule has 0 aromatic carbocycles. The van der Waals surface area contributed by atoms with Gasteiger partial charge in [0.05, 0.1) is 26.4 Å². The van der Waals surface area contributed by atoms with Crippen LogP contribution in [-0.4, -0.2) is 96.7 Å². The predicted octanol–water partition coefficient (Wildman–Crippen LogP) is 22.8.